The number of aliphatic carboxylic acids is 1. The molecular formula is C29H32O5. The Morgan fingerprint density at radius 3 is 2.53 bits per heavy atom. The third-order valence-electron chi connectivity index (χ3n) is 5.66. The number of para-hydroxylation sites is 1. The number of ether oxygens (including phenoxy) is 1. The molecule has 2 atom stereocenters. The summed E-state index contributed by atoms with van der Waals surface area (Å²) in [4.78, 5) is 10.8. The minimum Gasteiger partial charge on any atom is -0.493 e. The zero-order valence-corrected chi connectivity index (χ0v) is 19.4. The molecule has 34 heavy (non-hydrogen) atoms. The molecule has 0 heterocycles. The van der Waals surface area contributed by atoms with Crippen molar-refractivity contribution in [3.8, 4) is 5.75 Å². The molecule has 3 N–H and O–H groups in total. The molecule has 2 unspecified atom stereocenters. The van der Waals surface area contributed by atoms with Crippen LogP contribution >= 0.6 is 0 Å². The Labute approximate surface area is 201 Å². The van der Waals surface area contributed by atoms with E-state index < -0.39 is 17.7 Å². The van der Waals surface area contributed by atoms with E-state index in [9.17, 15) is 15.0 Å². The lowest BCUT2D eigenvalue weighted by molar-refractivity contribution is -0.136. The van der Waals surface area contributed by atoms with Gasteiger partial charge in [0.2, 0.25) is 0 Å². The highest BCUT2D eigenvalue weighted by Crippen LogP contribution is 2.26. The van der Waals surface area contributed by atoms with Crippen molar-refractivity contribution in [3.63, 3.8) is 0 Å². The maximum atomic E-state index is 11.0. The van der Waals surface area contributed by atoms with Gasteiger partial charge in [0.1, 0.15) is 5.75 Å². The molecule has 5 heteroatoms. The Hall–Kier alpha value is -3.41. The van der Waals surface area contributed by atoms with Crippen LogP contribution < -0.4 is 4.74 Å². The monoisotopic (exact) mass is 460 g/mol. The standard InChI is InChI=1S/C29H32O5/c1-29(33,21-23-8-3-2-4-9-23)25-12-7-10-22(20-25)14-16-26(30)18-19-34-27-13-6-5-11-24(27)15-17-28(31)32/h2-14,16,20,26,30,33H,15,17-19,21H2,1H3,(H,31,32)/b16-14+. The van der Waals surface area contributed by atoms with Crippen LogP contribution in [-0.4, -0.2) is 34.0 Å². The van der Waals surface area contributed by atoms with Crippen molar-refractivity contribution in [3.05, 3.63) is 107 Å². The first-order valence-corrected chi connectivity index (χ1v) is 11.5. The van der Waals surface area contributed by atoms with E-state index >= 15 is 0 Å². The molecule has 0 saturated carbocycles. The molecule has 0 aliphatic heterocycles. The lowest BCUT2D eigenvalue weighted by atomic mass is 9.88. The summed E-state index contributed by atoms with van der Waals surface area (Å²) in [5.74, 6) is -0.200. The fraction of sp³-hybridized carbons (Fsp3) is 0.276. The van der Waals surface area contributed by atoms with E-state index in [1.54, 1.807) is 6.08 Å². The second-order valence-corrected chi connectivity index (χ2v) is 8.63. The predicted octanol–water partition coefficient (Wildman–Crippen LogP) is 5.00. The topological polar surface area (TPSA) is 87.0 Å². The van der Waals surface area contributed by atoms with Crippen LogP contribution in [0.3, 0.4) is 0 Å². The van der Waals surface area contributed by atoms with E-state index in [1.807, 2.05) is 91.9 Å². The maximum Gasteiger partial charge on any atom is 0.303 e. The number of hydrogen-bond acceptors (Lipinski definition) is 4. The quantitative estimate of drug-likeness (QED) is 0.354. The minimum absolute atomic E-state index is 0.0447. The molecule has 178 valence electrons. The zero-order chi connectivity index (χ0) is 24.4. The highest BCUT2D eigenvalue weighted by atomic mass is 16.5. The Morgan fingerprint density at radius 1 is 1.03 bits per heavy atom. The van der Waals surface area contributed by atoms with Crippen molar-refractivity contribution in [1.29, 1.82) is 0 Å². The molecule has 0 radical (unpaired) electrons. The molecular weight excluding hydrogens is 428 g/mol. The van der Waals surface area contributed by atoms with E-state index in [4.69, 9.17) is 9.84 Å². The van der Waals surface area contributed by atoms with Gasteiger partial charge in [0.25, 0.3) is 0 Å². The molecule has 3 aromatic rings. The maximum absolute atomic E-state index is 11.0. The summed E-state index contributed by atoms with van der Waals surface area (Å²) >= 11 is 0. The van der Waals surface area contributed by atoms with Crippen molar-refractivity contribution in [2.75, 3.05) is 6.61 Å². The number of benzene rings is 3. The lowest BCUT2D eigenvalue weighted by Gasteiger charge is -2.24. The summed E-state index contributed by atoms with van der Waals surface area (Å²) in [7, 11) is 0. The van der Waals surface area contributed by atoms with Crippen LogP contribution in [0.25, 0.3) is 6.08 Å². The molecule has 5 nitrogen and oxygen atoms in total. The molecule has 0 bridgehead atoms. The second kappa shape index (κ2) is 12.2. The number of carboxylic acids is 1. The molecule has 3 rings (SSSR count). The number of aryl methyl sites for hydroxylation is 1. The Bertz CT molecular complexity index is 1090. The van der Waals surface area contributed by atoms with Crippen LogP contribution in [0.4, 0.5) is 0 Å². The fourth-order valence-electron chi connectivity index (χ4n) is 3.77. The van der Waals surface area contributed by atoms with Crippen LogP contribution in [-0.2, 0) is 23.2 Å². The van der Waals surface area contributed by atoms with Crippen LogP contribution in [0, 0.1) is 0 Å². The van der Waals surface area contributed by atoms with E-state index in [0.717, 1.165) is 22.3 Å². The smallest absolute Gasteiger partial charge is 0.303 e. The van der Waals surface area contributed by atoms with Gasteiger partial charge in [-0.3, -0.25) is 4.79 Å². The first-order chi connectivity index (χ1) is 16.3. The molecule has 0 aliphatic rings. The number of rotatable bonds is 12. The van der Waals surface area contributed by atoms with Gasteiger partial charge in [0.15, 0.2) is 0 Å². The van der Waals surface area contributed by atoms with Crippen molar-refractivity contribution in [2.45, 2.75) is 44.3 Å². The third-order valence-corrected chi connectivity index (χ3v) is 5.66. The van der Waals surface area contributed by atoms with Gasteiger partial charge in [-0.1, -0.05) is 78.9 Å². The summed E-state index contributed by atoms with van der Waals surface area (Å²) in [6.45, 7) is 2.12. The molecule has 0 aliphatic carbocycles. The average molecular weight is 461 g/mol. The highest BCUT2D eigenvalue weighted by Gasteiger charge is 2.23. The number of carbonyl (C=O) groups is 1. The van der Waals surface area contributed by atoms with Gasteiger partial charge in [-0.05, 0) is 47.7 Å². The van der Waals surface area contributed by atoms with Crippen molar-refractivity contribution < 1.29 is 24.9 Å². The van der Waals surface area contributed by atoms with Gasteiger partial charge in [0, 0.05) is 19.3 Å². The fourth-order valence-corrected chi connectivity index (χ4v) is 3.77. The molecule has 0 amide bonds. The molecule has 0 spiro atoms. The summed E-state index contributed by atoms with van der Waals surface area (Å²) in [6, 6.07) is 24.9. The second-order valence-electron chi connectivity index (χ2n) is 8.63. The van der Waals surface area contributed by atoms with Gasteiger partial charge in [-0.25, -0.2) is 0 Å². The molecule has 0 fully saturated rings. The van der Waals surface area contributed by atoms with E-state index in [1.165, 1.54) is 0 Å². The summed E-state index contributed by atoms with van der Waals surface area (Å²) < 4.78 is 5.79. The Balaban J connectivity index is 1.54. The number of carboxylic acid groups (broad SMARTS) is 1. The lowest BCUT2D eigenvalue weighted by Crippen LogP contribution is -2.24. The minimum atomic E-state index is -1.01. The van der Waals surface area contributed by atoms with Crippen LogP contribution in [0.5, 0.6) is 5.75 Å². The van der Waals surface area contributed by atoms with E-state index in [2.05, 4.69) is 0 Å². The third kappa shape index (κ3) is 7.87. The van der Waals surface area contributed by atoms with Gasteiger partial charge >= 0.3 is 5.97 Å². The SMILES string of the molecule is CC(O)(Cc1ccccc1)c1cccc(/C=C/C(O)CCOc2ccccc2CCC(=O)O)c1. The Morgan fingerprint density at radius 2 is 1.76 bits per heavy atom. The molecule has 0 saturated heterocycles. The summed E-state index contributed by atoms with van der Waals surface area (Å²) in [6.07, 6.45) is 4.21. The zero-order valence-electron chi connectivity index (χ0n) is 19.4. The molecule has 0 aromatic heterocycles. The van der Waals surface area contributed by atoms with E-state index in [0.29, 0.717) is 31.6 Å². The van der Waals surface area contributed by atoms with Gasteiger partial charge in [0.05, 0.1) is 18.3 Å². The summed E-state index contributed by atoms with van der Waals surface area (Å²) in [5, 5.41) is 30.3. The van der Waals surface area contributed by atoms with Gasteiger partial charge < -0.3 is 20.1 Å². The van der Waals surface area contributed by atoms with Gasteiger partial charge in [-0.15, -0.1) is 0 Å². The summed E-state index contributed by atoms with van der Waals surface area (Å²) in [5.41, 5.74) is 2.60. The normalized spacial score (nSPS) is 14.0. The average Bonchev–Trinajstić information content (AvgIpc) is 2.82. The predicted molar refractivity (Wildman–Crippen MR) is 134 cm³/mol. The van der Waals surface area contributed by atoms with Crippen LogP contribution in [0.1, 0.15) is 42.0 Å². The van der Waals surface area contributed by atoms with Crippen molar-refractivity contribution >= 4 is 12.0 Å². The van der Waals surface area contributed by atoms with E-state index in [-0.39, 0.29) is 6.42 Å². The first-order valence-electron chi connectivity index (χ1n) is 11.5. The van der Waals surface area contributed by atoms with Crippen molar-refractivity contribution in [1.82, 2.24) is 0 Å². The largest absolute Gasteiger partial charge is 0.493 e. The number of aliphatic hydroxyl groups is 2. The molecule has 3 aromatic carbocycles. The number of hydrogen-bond donors (Lipinski definition) is 3. The highest BCUT2D eigenvalue weighted by molar-refractivity contribution is 5.67. The Kier molecular flexibility index (Phi) is 9.02. The van der Waals surface area contributed by atoms with Gasteiger partial charge in [-0.2, -0.15) is 0 Å². The number of aliphatic hydroxyl groups excluding tert-OH is 1. The van der Waals surface area contributed by atoms with Crippen molar-refractivity contribution in [2.24, 2.45) is 0 Å². The first kappa shape index (κ1) is 25.2. The van der Waals surface area contributed by atoms with Crippen LogP contribution in [0.2, 0.25) is 0 Å². The van der Waals surface area contributed by atoms with Crippen LogP contribution in [0.15, 0.2) is 84.9 Å².